The molecule has 2 nitrogen and oxygen atoms in total. The third-order valence-electron chi connectivity index (χ3n) is 2.61. The van der Waals surface area contributed by atoms with E-state index < -0.39 is 0 Å². The minimum absolute atomic E-state index is 0.272. The molecule has 2 atom stereocenters. The molecule has 0 heterocycles. The van der Waals surface area contributed by atoms with Gasteiger partial charge in [0.15, 0.2) is 0 Å². The highest BCUT2D eigenvalue weighted by Crippen LogP contribution is 2.24. The minimum Gasteiger partial charge on any atom is -0.313 e. The van der Waals surface area contributed by atoms with Gasteiger partial charge >= 0.3 is 0 Å². The van der Waals surface area contributed by atoms with E-state index in [1.54, 1.807) is 0 Å². The smallest absolute Gasteiger partial charge is 0.0672 e. The molecule has 0 radical (unpaired) electrons. The van der Waals surface area contributed by atoms with E-state index in [0.29, 0.717) is 6.04 Å². The summed E-state index contributed by atoms with van der Waals surface area (Å²) < 4.78 is 0. The molecular formula is C10H18N2S. The Labute approximate surface area is 85.1 Å². The third-order valence-corrected chi connectivity index (χ3v) is 3.31. The lowest BCUT2D eigenvalue weighted by atomic mass is 10.1. The topological polar surface area (TPSA) is 35.8 Å². The van der Waals surface area contributed by atoms with E-state index in [9.17, 15) is 0 Å². The van der Waals surface area contributed by atoms with Crippen molar-refractivity contribution >= 4 is 11.8 Å². The lowest BCUT2D eigenvalue weighted by molar-refractivity contribution is 0.466. The average Bonchev–Trinajstić information content (AvgIpc) is 2.60. The zero-order chi connectivity index (χ0) is 9.52. The van der Waals surface area contributed by atoms with E-state index >= 15 is 0 Å². The number of rotatable bonds is 5. The first-order chi connectivity index (χ1) is 6.38. The van der Waals surface area contributed by atoms with E-state index in [4.69, 9.17) is 5.26 Å². The third kappa shape index (κ3) is 3.58. The maximum atomic E-state index is 8.85. The molecule has 0 aromatic heterocycles. The summed E-state index contributed by atoms with van der Waals surface area (Å²) in [4.78, 5) is 0. The van der Waals surface area contributed by atoms with E-state index in [-0.39, 0.29) is 5.92 Å². The second kappa shape index (κ2) is 6.28. The highest BCUT2D eigenvalue weighted by molar-refractivity contribution is 7.98. The van der Waals surface area contributed by atoms with Crippen LogP contribution in [0.25, 0.3) is 0 Å². The summed E-state index contributed by atoms with van der Waals surface area (Å²) >= 11 is 1.89. The molecule has 1 fully saturated rings. The predicted octanol–water partition coefficient (Wildman–Crippen LogP) is 2.02. The van der Waals surface area contributed by atoms with Gasteiger partial charge in [0.1, 0.15) is 0 Å². The summed E-state index contributed by atoms with van der Waals surface area (Å²) in [6.45, 7) is 1.07. The van der Waals surface area contributed by atoms with Gasteiger partial charge in [-0.3, -0.25) is 0 Å². The number of hydrogen-bond donors (Lipinski definition) is 1. The van der Waals surface area contributed by atoms with Crippen molar-refractivity contribution in [1.82, 2.24) is 5.32 Å². The van der Waals surface area contributed by atoms with Gasteiger partial charge in [0, 0.05) is 6.04 Å². The number of thioether (sulfide) groups is 1. The van der Waals surface area contributed by atoms with Gasteiger partial charge in [-0.25, -0.2) is 0 Å². The SMILES string of the molecule is CSCCCNC1CCCC1C#N. The van der Waals surface area contributed by atoms with Gasteiger partial charge in [-0.1, -0.05) is 6.42 Å². The van der Waals surface area contributed by atoms with E-state index in [1.807, 2.05) is 11.8 Å². The second-order valence-corrected chi connectivity index (χ2v) is 4.56. The molecule has 0 bridgehead atoms. The molecule has 13 heavy (non-hydrogen) atoms. The van der Waals surface area contributed by atoms with Crippen LogP contribution in [0.5, 0.6) is 0 Å². The molecule has 0 aromatic carbocycles. The van der Waals surface area contributed by atoms with Gasteiger partial charge < -0.3 is 5.32 Å². The Morgan fingerprint density at radius 2 is 2.38 bits per heavy atom. The maximum Gasteiger partial charge on any atom is 0.0672 e. The van der Waals surface area contributed by atoms with Crippen molar-refractivity contribution in [2.45, 2.75) is 31.7 Å². The van der Waals surface area contributed by atoms with Crippen LogP contribution in [0.15, 0.2) is 0 Å². The van der Waals surface area contributed by atoms with Crippen LogP contribution >= 0.6 is 11.8 Å². The Hall–Kier alpha value is -0.200. The molecule has 1 aliphatic carbocycles. The van der Waals surface area contributed by atoms with Crippen LogP contribution in [0.2, 0.25) is 0 Å². The monoisotopic (exact) mass is 198 g/mol. The van der Waals surface area contributed by atoms with Gasteiger partial charge in [0.25, 0.3) is 0 Å². The zero-order valence-corrected chi connectivity index (χ0v) is 9.07. The molecule has 0 saturated heterocycles. The van der Waals surface area contributed by atoms with Crippen molar-refractivity contribution in [2.75, 3.05) is 18.6 Å². The van der Waals surface area contributed by atoms with Crippen molar-refractivity contribution < 1.29 is 0 Å². The standard InChI is InChI=1S/C10H18N2S/c1-13-7-3-6-12-10-5-2-4-9(10)8-11/h9-10,12H,2-7H2,1H3. The van der Waals surface area contributed by atoms with Gasteiger partial charge in [-0.05, 0) is 37.8 Å². The first-order valence-corrected chi connectivity index (χ1v) is 6.40. The first kappa shape index (κ1) is 10.9. The van der Waals surface area contributed by atoms with Crippen molar-refractivity contribution in [2.24, 2.45) is 5.92 Å². The van der Waals surface area contributed by atoms with Crippen molar-refractivity contribution in [3.63, 3.8) is 0 Å². The Kier molecular flexibility index (Phi) is 5.26. The summed E-state index contributed by atoms with van der Waals surface area (Å²) in [5, 5.41) is 12.3. The summed E-state index contributed by atoms with van der Waals surface area (Å²) in [6.07, 6.45) is 6.86. The van der Waals surface area contributed by atoms with E-state index in [0.717, 1.165) is 13.0 Å². The van der Waals surface area contributed by atoms with Crippen molar-refractivity contribution in [3.05, 3.63) is 0 Å². The molecule has 1 N–H and O–H groups in total. The molecule has 0 amide bonds. The van der Waals surface area contributed by atoms with Gasteiger partial charge in [0.2, 0.25) is 0 Å². The lowest BCUT2D eigenvalue weighted by Gasteiger charge is -2.14. The molecular weight excluding hydrogens is 180 g/mol. The van der Waals surface area contributed by atoms with Crippen LogP contribution in [0.4, 0.5) is 0 Å². The molecule has 74 valence electrons. The lowest BCUT2D eigenvalue weighted by Crippen LogP contribution is -2.32. The van der Waals surface area contributed by atoms with E-state index in [2.05, 4.69) is 17.6 Å². The van der Waals surface area contributed by atoms with Crippen molar-refractivity contribution in [3.8, 4) is 6.07 Å². The molecule has 0 aromatic rings. The number of nitriles is 1. The molecule has 3 heteroatoms. The molecule has 0 aliphatic heterocycles. The summed E-state index contributed by atoms with van der Waals surface area (Å²) in [6, 6.07) is 2.87. The molecule has 1 rings (SSSR count). The normalized spacial score (nSPS) is 27.4. The maximum absolute atomic E-state index is 8.85. The average molecular weight is 198 g/mol. The molecule has 2 unspecified atom stereocenters. The number of nitrogens with one attached hydrogen (secondary N) is 1. The van der Waals surface area contributed by atoms with Crippen LogP contribution < -0.4 is 5.32 Å². The van der Waals surface area contributed by atoms with Crippen LogP contribution in [-0.2, 0) is 0 Å². The predicted molar refractivity (Wildman–Crippen MR) is 57.7 cm³/mol. The zero-order valence-electron chi connectivity index (χ0n) is 8.25. The van der Waals surface area contributed by atoms with Crippen LogP contribution in [0.1, 0.15) is 25.7 Å². The molecule has 1 saturated carbocycles. The fourth-order valence-corrected chi connectivity index (χ4v) is 2.30. The summed E-state index contributed by atoms with van der Waals surface area (Å²) in [5.41, 5.74) is 0. The summed E-state index contributed by atoms with van der Waals surface area (Å²) in [7, 11) is 0. The van der Waals surface area contributed by atoms with Crippen LogP contribution in [-0.4, -0.2) is 24.6 Å². The highest BCUT2D eigenvalue weighted by Gasteiger charge is 2.25. The molecule has 1 aliphatic rings. The highest BCUT2D eigenvalue weighted by atomic mass is 32.2. The molecule has 0 spiro atoms. The number of nitrogens with zero attached hydrogens (tertiary/aromatic N) is 1. The Balaban J connectivity index is 2.10. The first-order valence-electron chi connectivity index (χ1n) is 5.00. The van der Waals surface area contributed by atoms with Crippen LogP contribution in [0.3, 0.4) is 0 Å². The fourth-order valence-electron chi connectivity index (χ4n) is 1.86. The second-order valence-electron chi connectivity index (χ2n) is 3.57. The largest absolute Gasteiger partial charge is 0.313 e. The van der Waals surface area contributed by atoms with E-state index in [1.165, 1.54) is 25.0 Å². The Morgan fingerprint density at radius 3 is 3.08 bits per heavy atom. The Morgan fingerprint density at radius 1 is 1.54 bits per heavy atom. The van der Waals surface area contributed by atoms with Gasteiger partial charge in [-0.2, -0.15) is 17.0 Å². The van der Waals surface area contributed by atoms with Crippen molar-refractivity contribution in [1.29, 1.82) is 5.26 Å². The number of hydrogen-bond acceptors (Lipinski definition) is 3. The van der Waals surface area contributed by atoms with Gasteiger partial charge in [0.05, 0.1) is 12.0 Å². The van der Waals surface area contributed by atoms with Gasteiger partial charge in [-0.15, -0.1) is 0 Å². The fraction of sp³-hybridized carbons (Fsp3) is 0.900. The Bertz CT molecular complexity index is 176. The minimum atomic E-state index is 0.272. The van der Waals surface area contributed by atoms with Crippen LogP contribution in [0, 0.1) is 17.2 Å². The quantitative estimate of drug-likeness (QED) is 0.687. The summed E-state index contributed by atoms with van der Waals surface area (Å²) in [5.74, 6) is 1.49.